The number of nitrogens with one attached hydrogen (secondary N) is 2. The van der Waals surface area contributed by atoms with Crippen LogP contribution in [0.25, 0.3) is 0 Å². The molecule has 0 aromatic heterocycles. The maximum absolute atomic E-state index is 12.2. The SMILES string of the molecule is CC(=O)N[C@@H](C(=O)NCc1ccccc1)N1CCCO1. The molecule has 1 saturated heterocycles. The molecule has 1 atom stereocenters. The molecule has 2 amide bonds. The van der Waals surface area contributed by atoms with Crippen LogP contribution in [0, 0.1) is 0 Å². The van der Waals surface area contributed by atoms with Crippen LogP contribution in [0.3, 0.4) is 0 Å². The van der Waals surface area contributed by atoms with Crippen LogP contribution in [-0.4, -0.2) is 36.2 Å². The number of benzene rings is 1. The third kappa shape index (κ3) is 4.04. The minimum absolute atomic E-state index is 0.264. The fourth-order valence-electron chi connectivity index (χ4n) is 2.01. The van der Waals surface area contributed by atoms with Gasteiger partial charge in [-0.1, -0.05) is 30.3 Å². The Labute approximate surface area is 118 Å². The number of carbonyl (C=O) groups is 2. The summed E-state index contributed by atoms with van der Waals surface area (Å²) in [5.74, 6) is -0.536. The van der Waals surface area contributed by atoms with Crippen molar-refractivity contribution in [3.05, 3.63) is 35.9 Å². The van der Waals surface area contributed by atoms with Gasteiger partial charge in [0.2, 0.25) is 5.91 Å². The van der Waals surface area contributed by atoms with Crippen LogP contribution in [0.15, 0.2) is 30.3 Å². The molecule has 0 unspecified atom stereocenters. The Morgan fingerprint density at radius 2 is 2.10 bits per heavy atom. The number of rotatable bonds is 5. The second kappa shape index (κ2) is 7.02. The summed E-state index contributed by atoms with van der Waals surface area (Å²) in [6.45, 7) is 3.00. The highest BCUT2D eigenvalue weighted by Gasteiger charge is 2.29. The predicted octanol–water partition coefficient (Wildman–Crippen LogP) is 0.402. The molecular formula is C14H19N3O3. The summed E-state index contributed by atoms with van der Waals surface area (Å²) in [6.07, 6.45) is 0.0703. The van der Waals surface area contributed by atoms with Gasteiger partial charge in [0.1, 0.15) is 0 Å². The van der Waals surface area contributed by atoms with Gasteiger partial charge < -0.3 is 10.6 Å². The maximum Gasteiger partial charge on any atom is 0.260 e. The van der Waals surface area contributed by atoms with Crippen LogP contribution in [0.1, 0.15) is 18.9 Å². The average molecular weight is 277 g/mol. The van der Waals surface area contributed by atoms with E-state index in [0.717, 1.165) is 12.0 Å². The third-order valence-corrected chi connectivity index (χ3v) is 2.97. The molecule has 6 nitrogen and oxygen atoms in total. The van der Waals surface area contributed by atoms with Crippen LogP contribution >= 0.6 is 0 Å². The molecule has 6 heteroatoms. The lowest BCUT2D eigenvalue weighted by Gasteiger charge is -2.25. The molecule has 1 aliphatic heterocycles. The average Bonchev–Trinajstić information content (AvgIpc) is 2.97. The summed E-state index contributed by atoms with van der Waals surface area (Å²) in [6, 6.07) is 9.61. The van der Waals surface area contributed by atoms with Crippen LogP contribution in [0.4, 0.5) is 0 Å². The van der Waals surface area contributed by atoms with Gasteiger partial charge in [0.15, 0.2) is 6.17 Å². The molecule has 1 fully saturated rings. The molecule has 0 aliphatic carbocycles. The molecule has 0 radical (unpaired) electrons. The predicted molar refractivity (Wildman–Crippen MR) is 73.2 cm³/mol. The lowest BCUT2D eigenvalue weighted by atomic mass is 10.2. The summed E-state index contributed by atoms with van der Waals surface area (Å²) >= 11 is 0. The van der Waals surface area contributed by atoms with Crippen LogP contribution in [0.5, 0.6) is 0 Å². The molecule has 1 aromatic rings. The summed E-state index contributed by atoms with van der Waals surface area (Å²) in [5, 5.41) is 6.93. The van der Waals surface area contributed by atoms with Crippen molar-refractivity contribution < 1.29 is 14.4 Å². The summed E-state index contributed by atoms with van der Waals surface area (Å²) in [5.41, 5.74) is 1.00. The highest BCUT2D eigenvalue weighted by molar-refractivity contribution is 5.86. The topological polar surface area (TPSA) is 70.7 Å². The van der Waals surface area contributed by atoms with Gasteiger partial charge >= 0.3 is 0 Å². The van der Waals surface area contributed by atoms with E-state index in [1.54, 1.807) is 0 Å². The molecule has 20 heavy (non-hydrogen) atoms. The molecule has 0 spiro atoms. The lowest BCUT2D eigenvalue weighted by Crippen LogP contribution is -2.55. The van der Waals surface area contributed by atoms with E-state index in [1.807, 2.05) is 30.3 Å². The highest BCUT2D eigenvalue weighted by atomic mass is 16.7. The van der Waals surface area contributed by atoms with Gasteiger partial charge in [-0.3, -0.25) is 14.4 Å². The van der Waals surface area contributed by atoms with E-state index in [2.05, 4.69) is 10.6 Å². The fraction of sp³-hybridized carbons (Fsp3) is 0.429. The largest absolute Gasteiger partial charge is 0.349 e. The maximum atomic E-state index is 12.2. The Morgan fingerprint density at radius 3 is 2.70 bits per heavy atom. The van der Waals surface area contributed by atoms with Gasteiger partial charge in [-0.05, 0) is 12.0 Å². The molecule has 1 aliphatic rings. The monoisotopic (exact) mass is 277 g/mol. The van der Waals surface area contributed by atoms with Crippen molar-refractivity contribution in [2.24, 2.45) is 0 Å². The Kier molecular flexibility index (Phi) is 5.09. The first-order valence-electron chi connectivity index (χ1n) is 6.65. The number of hydrogen-bond acceptors (Lipinski definition) is 4. The zero-order chi connectivity index (χ0) is 14.4. The zero-order valence-corrected chi connectivity index (χ0v) is 11.5. The van der Waals surface area contributed by atoms with Crippen molar-refractivity contribution >= 4 is 11.8 Å². The summed E-state index contributed by atoms with van der Waals surface area (Å²) in [4.78, 5) is 28.8. The number of carbonyl (C=O) groups excluding carboxylic acids is 2. The normalized spacial score (nSPS) is 16.6. The first kappa shape index (κ1) is 14.5. The van der Waals surface area contributed by atoms with Crippen molar-refractivity contribution in [3.8, 4) is 0 Å². The summed E-state index contributed by atoms with van der Waals surface area (Å²) < 4.78 is 0. The molecule has 0 saturated carbocycles. The van der Waals surface area contributed by atoms with E-state index in [0.29, 0.717) is 19.7 Å². The zero-order valence-electron chi connectivity index (χ0n) is 11.5. The van der Waals surface area contributed by atoms with Crippen molar-refractivity contribution in [1.29, 1.82) is 0 Å². The molecule has 1 aromatic carbocycles. The van der Waals surface area contributed by atoms with E-state index in [-0.39, 0.29) is 11.8 Å². The fourth-order valence-corrected chi connectivity index (χ4v) is 2.01. The molecule has 0 bridgehead atoms. The number of amides is 2. The van der Waals surface area contributed by atoms with E-state index in [1.165, 1.54) is 12.0 Å². The van der Waals surface area contributed by atoms with Crippen molar-refractivity contribution in [2.45, 2.75) is 26.1 Å². The van der Waals surface area contributed by atoms with Gasteiger partial charge in [-0.2, -0.15) is 5.06 Å². The van der Waals surface area contributed by atoms with E-state index in [9.17, 15) is 9.59 Å². The van der Waals surface area contributed by atoms with Crippen LogP contribution < -0.4 is 10.6 Å². The van der Waals surface area contributed by atoms with E-state index in [4.69, 9.17) is 4.84 Å². The molecule has 1 heterocycles. The van der Waals surface area contributed by atoms with Gasteiger partial charge in [0.25, 0.3) is 5.91 Å². The first-order valence-corrected chi connectivity index (χ1v) is 6.65. The molecular weight excluding hydrogens is 258 g/mol. The van der Waals surface area contributed by atoms with Crippen LogP contribution in [0.2, 0.25) is 0 Å². The Hall–Kier alpha value is -1.92. The summed E-state index contributed by atoms with van der Waals surface area (Å²) in [7, 11) is 0. The second-order valence-electron chi connectivity index (χ2n) is 4.63. The lowest BCUT2D eigenvalue weighted by molar-refractivity contribution is -0.169. The van der Waals surface area contributed by atoms with Crippen molar-refractivity contribution in [1.82, 2.24) is 15.7 Å². The Bertz CT molecular complexity index is 458. The van der Waals surface area contributed by atoms with Crippen molar-refractivity contribution in [2.75, 3.05) is 13.2 Å². The third-order valence-electron chi connectivity index (χ3n) is 2.97. The molecule has 2 rings (SSSR count). The van der Waals surface area contributed by atoms with Crippen molar-refractivity contribution in [3.63, 3.8) is 0 Å². The van der Waals surface area contributed by atoms with Crippen LogP contribution in [-0.2, 0) is 21.0 Å². The standard InChI is InChI=1S/C14H19N3O3/c1-11(18)16-13(17-8-5-9-20-17)14(19)15-10-12-6-3-2-4-7-12/h2-4,6-7,13H,5,8-10H2,1H3,(H,15,19)(H,16,18)/t13-/m1/s1. The number of nitrogens with zero attached hydrogens (tertiary/aromatic N) is 1. The molecule has 108 valence electrons. The minimum Gasteiger partial charge on any atom is -0.349 e. The Morgan fingerprint density at radius 1 is 1.35 bits per heavy atom. The van der Waals surface area contributed by atoms with Gasteiger partial charge in [-0.15, -0.1) is 0 Å². The number of hydrogen-bond donors (Lipinski definition) is 2. The van der Waals surface area contributed by atoms with E-state index < -0.39 is 6.17 Å². The number of hydroxylamine groups is 2. The molecule has 2 N–H and O–H groups in total. The Balaban J connectivity index is 1.93. The second-order valence-corrected chi connectivity index (χ2v) is 4.63. The first-order chi connectivity index (χ1) is 9.66. The highest BCUT2D eigenvalue weighted by Crippen LogP contribution is 2.08. The quantitative estimate of drug-likeness (QED) is 0.817. The van der Waals surface area contributed by atoms with Gasteiger partial charge in [0.05, 0.1) is 6.61 Å². The van der Waals surface area contributed by atoms with E-state index >= 15 is 0 Å². The smallest absolute Gasteiger partial charge is 0.260 e. The minimum atomic E-state index is -0.779. The van der Waals surface area contributed by atoms with Gasteiger partial charge in [0, 0.05) is 20.0 Å². The van der Waals surface area contributed by atoms with Gasteiger partial charge in [-0.25, -0.2) is 0 Å².